The van der Waals surface area contributed by atoms with Crippen molar-refractivity contribution in [2.45, 2.75) is 12.4 Å². The van der Waals surface area contributed by atoms with Crippen LogP contribution >= 0.6 is 0 Å². The Bertz CT molecular complexity index is 730. The van der Waals surface area contributed by atoms with Crippen LogP contribution in [0.2, 0.25) is 0 Å². The van der Waals surface area contributed by atoms with E-state index in [0.717, 1.165) is 12.1 Å². The molecule has 0 spiro atoms. The largest absolute Gasteiger partial charge is 0.417 e. The highest BCUT2D eigenvalue weighted by Crippen LogP contribution is 2.37. The van der Waals surface area contributed by atoms with Gasteiger partial charge in [0.15, 0.2) is 5.78 Å². The quantitative estimate of drug-likeness (QED) is 0.487. The summed E-state index contributed by atoms with van der Waals surface area (Å²) in [5, 5.41) is 0. The first kappa shape index (κ1) is 17.6. The molecular weight excluding hydrogens is 338 g/mol. The highest BCUT2D eigenvalue weighted by atomic mass is 19.4. The number of carbonyl (C=O) groups is 1. The van der Waals surface area contributed by atoms with E-state index in [1.807, 2.05) is 0 Å². The van der Waals surface area contributed by atoms with E-state index in [9.17, 15) is 31.1 Å². The van der Waals surface area contributed by atoms with Gasteiger partial charge >= 0.3 is 12.4 Å². The van der Waals surface area contributed by atoms with E-state index >= 15 is 0 Å². The molecule has 0 saturated heterocycles. The lowest BCUT2D eigenvalue weighted by Gasteiger charge is -2.16. The van der Waals surface area contributed by atoms with Crippen LogP contribution in [-0.2, 0) is 12.4 Å². The Labute approximate surface area is 131 Å². The molecule has 0 atom stereocenters. The van der Waals surface area contributed by atoms with E-state index in [4.69, 9.17) is 11.5 Å². The van der Waals surface area contributed by atoms with Gasteiger partial charge in [-0.2, -0.15) is 26.3 Å². The third-order valence-corrected chi connectivity index (χ3v) is 3.19. The van der Waals surface area contributed by atoms with Crippen LogP contribution < -0.4 is 11.5 Å². The lowest BCUT2D eigenvalue weighted by atomic mass is 9.93. The third-order valence-electron chi connectivity index (χ3n) is 3.19. The predicted molar refractivity (Wildman–Crippen MR) is 75.1 cm³/mol. The van der Waals surface area contributed by atoms with Crippen molar-refractivity contribution in [3.05, 3.63) is 58.7 Å². The number of halogens is 6. The Morgan fingerprint density at radius 2 is 1.04 bits per heavy atom. The van der Waals surface area contributed by atoms with Gasteiger partial charge in [-0.1, -0.05) is 0 Å². The minimum atomic E-state index is -4.93. The summed E-state index contributed by atoms with van der Waals surface area (Å²) >= 11 is 0. The molecule has 0 heterocycles. The second-order valence-corrected chi connectivity index (χ2v) is 4.93. The Morgan fingerprint density at radius 1 is 0.708 bits per heavy atom. The summed E-state index contributed by atoms with van der Waals surface area (Å²) in [6.07, 6.45) is -9.87. The van der Waals surface area contributed by atoms with E-state index in [0.29, 0.717) is 24.3 Å². The van der Waals surface area contributed by atoms with Gasteiger partial charge in [-0.15, -0.1) is 0 Å². The third kappa shape index (κ3) is 3.44. The fourth-order valence-corrected chi connectivity index (χ4v) is 2.14. The Balaban J connectivity index is 2.71. The number of alkyl halides is 6. The van der Waals surface area contributed by atoms with E-state index in [1.165, 1.54) is 0 Å². The summed E-state index contributed by atoms with van der Waals surface area (Å²) in [6.45, 7) is 0. The summed E-state index contributed by atoms with van der Waals surface area (Å²) in [5.74, 6) is -1.46. The monoisotopic (exact) mass is 348 g/mol. The number of ketones is 1. The lowest BCUT2D eigenvalue weighted by Crippen LogP contribution is -2.18. The molecule has 4 N–H and O–H groups in total. The zero-order chi connectivity index (χ0) is 18.3. The summed E-state index contributed by atoms with van der Waals surface area (Å²) in [5.41, 5.74) is 5.66. The highest BCUT2D eigenvalue weighted by molar-refractivity contribution is 6.12. The van der Waals surface area contributed by atoms with Gasteiger partial charge in [0.1, 0.15) is 0 Å². The highest BCUT2D eigenvalue weighted by Gasteiger charge is 2.39. The van der Waals surface area contributed by atoms with Gasteiger partial charge in [-0.05, 0) is 36.4 Å². The zero-order valence-corrected chi connectivity index (χ0v) is 11.8. The number of nitrogen functional groups attached to an aromatic ring is 2. The number of hydrogen-bond donors (Lipinski definition) is 2. The molecule has 0 aliphatic rings. The molecule has 0 radical (unpaired) electrons. The van der Waals surface area contributed by atoms with E-state index < -0.39 is 40.4 Å². The van der Waals surface area contributed by atoms with Crippen molar-refractivity contribution < 1.29 is 31.1 Å². The molecule has 0 aliphatic carbocycles. The number of anilines is 2. The van der Waals surface area contributed by atoms with Gasteiger partial charge in [0.2, 0.25) is 0 Å². The molecule has 24 heavy (non-hydrogen) atoms. The van der Waals surface area contributed by atoms with Crippen molar-refractivity contribution in [3.8, 4) is 0 Å². The SMILES string of the molecule is Nc1ccc(C(F)(F)F)c(C(=O)c2cc(N)ccc2C(F)(F)F)c1. The second kappa shape index (κ2) is 5.73. The molecule has 0 fully saturated rings. The van der Waals surface area contributed by atoms with Gasteiger partial charge in [0.25, 0.3) is 0 Å². The Morgan fingerprint density at radius 3 is 1.33 bits per heavy atom. The fraction of sp³-hybridized carbons (Fsp3) is 0.133. The molecule has 2 aromatic carbocycles. The first-order valence-corrected chi connectivity index (χ1v) is 6.39. The van der Waals surface area contributed by atoms with Crippen LogP contribution in [0.5, 0.6) is 0 Å². The van der Waals surface area contributed by atoms with Gasteiger partial charge in [0.05, 0.1) is 11.1 Å². The van der Waals surface area contributed by atoms with Crippen molar-refractivity contribution in [1.82, 2.24) is 0 Å². The first-order chi connectivity index (χ1) is 10.9. The van der Waals surface area contributed by atoms with Crippen LogP contribution in [0.3, 0.4) is 0 Å². The number of benzene rings is 2. The standard InChI is InChI=1S/C15H10F6N2O/c16-14(17,18)11-3-1-7(22)5-9(11)13(24)10-6-8(23)2-4-12(10)15(19,20)21/h1-6H,22-23H2. The predicted octanol–water partition coefficient (Wildman–Crippen LogP) is 4.12. The van der Waals surface area contributed by atoms with Crippen molar-refractivity contribution in [2.24, 2.45) is 0 Å². The van der Waals surface area contributed by atoms with Crippen LogP contribution in [0.15, 0.2) is 36.4 Å². The van der Waals surface area contributed by atoms with Crippen molar-refractivity contribution >= 4 is 17.2 Å². The maximum Gasteiger partial charge on any atom is 0.417 e. The maximum atomic E-state index is 13.0. The number of carbonyl (C=O) groups excluding carboxylic acids is 1. The first-order valence-electron chi connectivity index (χ1n) is 6.39. The second-order valence-electron chi connectivity index (χ2n) is 4.93. The van der Waals surface area contributed by atoms with Crippen LogP contribution in [0, 0.1) is 0 Å². The van der Waals surface area contributed by atoms with E-state index in [-0.39, 0.29) is 11.4 Å². The number of hydrogen-bond acceptors (Lipinski definition) is 3. The molecule has 9 heteroatoms. The zero-order valence-electron chi connectivity index (χ0n) is 11.8. The van der Waals surface area contributed by atoms with Crippen LogP contribution in [0.25, 0.3) is 0 Å². The van der Waals surface area contributed by atoms with Crippen molar-refractivity contribution in [2.75, 3.05) is 11.5 Å². The topological polar surface area (TPSA) is 69.1 Å². The van der Waals surface area contributed by atoms with E-state index in [1.54, 1.807) is 0 Å². The number of nitrogens with two attached hydrogens (primary N) is 2. The van der Waals surface area contributed by atoms with Crippen LogP contribution in [-0.4, -0.2) is 5.78 Å². The number of rotatable bonds is 2. The summed E-state index contributed by atoms with van der Waals surface area (Å²) in [4.78, 5) is 12.4. The smallest absolute Gasteiger partial charge is 0.399 e. The molecule has 0 saturated carbocycles. The van der Waals surface area contributed by atoms with Crippen LogP contribution in [0.1, 0.15) is 27.0 Å². The Kier molecular flexibility index (Phi) is 4.21. The molecule has 0 bridgehead atoms. The van der Waals surface area contributed by atoms with Crippen molar-refractivity contribution in [1.29, 1.82) is 0 Å². The minimum Gasteiger partial charge on any atom is -0.399 e. The molecule has 0 unspecified atom stereocenters. The fourth-order valence-electron chi connectivity index (χ4n) is 2.14. The summed E-state index contributed by atoms with van der Waals surface area (Å²) in [7, 11) is 0. The van der Waals surface area contributed by atoms with Gasteiger partial charge in [0, 0.05) is 22.5 Å². The molecule has 0 aromatic heterocycles. The van der Waals surface area contributed by atoms with E-state index in [2.05, 4.69) is 0 Å². The maximum absolute atomic E-state index is 13.0. The normalized spacial score (nSPS) is 12.2. The summed E-state index contributed by atoms with van der Waals surface area (Å²) < 4.78 is 78.2. The molecule has 2 rings (SSSR count). The van der Waals surface area contributed by atoms with Gasteiger partial charge < -0.3 is 11.5 Å². The molecule has 128 valence electrons. The van der Waals surface area contributed by atoms with Crippen LogP contribution in [0.4, 0.5) is 37.7 Å². The Hall–Kier alpha value is -2.71. The molecule has 0 amide bonds. The molecule has 3 nitrogen and oxygen atoms in total. The average molecular weight is 348 g/mol. The molecule has 0 aliphatic heterocycles. The summed E-state index contributed by atoms with van der Waals surface area (Å²) in [6, 6.07) is 4.28. The van der Waals surface area contributed by atoms with Crippen molar-refractivity contribution in [3.63, 3.8) is 0 Å². The average Bonchev–Trinajstić information content (AvgIpc) is 2.43. The van der Waals surface area contributed by atoms with Gasteiger partial charge in [-0.25, -0.2) is 0 Å². The minimum absolute atomic E-state index is 0.191. The lowest BCUT2D eigenvalue weighted by molar-refractivity contribution is -0.138. The molecule has 2 aromatic rings. The van der Waals surface area contributed by atoms with Gasteiger partial charge in [-0.3, -0.25) is 4.79 Å². The molecular formula is C15H10F6N2O.